The van der Waals surface area contributed by atoms with Crippen molar-refractivity contribution in [2.45, 2.75) is 12.7 Å². The molecule has 1 N–H and O–H groups in total. The molecule has 3 aromatic heterocycles. The van der Waals surface area contributed by atoms with Crippen LogP contribution in [0, 0.1) is 0 Å². The average molecular weight is 496 g/mol. The van der Waals surface area contributed by atoms with Gasteiger partial charge in [-0.2, -0.15) is 13.2 Å². The van der Waals surface area contributed by atoms with Crippen molar-refractivity contribution in [3.63, 3.8) is 0 Å². The van der Waals surface area contributed by atoms with E-state index in [-0.39, 0.29) is 12.5 Å². The predicted molar refractivity (Wildman–Crippen MR) is 131 cm³/mol. The lowest BCUT2D eigenvalue weighted by Crippen LogP contribution is -2.49. The van der Waals surface area contributed by atoms with E-state index in [0.29, 0.717) is 48.9 Å². The number of benzene rings is 1. The normalized spacial score (nSPS) is 14.3. The number of pyridine rings is 1. The smallest absolute Gasteiger partial charge is 0.367 e. The van der Waals surface area contributed by atoms with Crippen molar-refractivity contribution in [1.82, 2.24) is 24.4 Å². The number of carbonyl (C=O) groups is 1. The highest BCUT2D eigenvalue weighted by atomic mass is 19.4. The topological polar surface area (TPSA) is 79.2 Å². The molecular weight excluding hydrogens is 471 g/mol. The van der Waals surface area contributed by atoms with E-state index in [1.165, 1.54) is 18.5 Å². The monoisotopic (exact) mass is 495 g/mol. The van der Waals surface area contributed by atoms with E-state index in [1.807, 2.05) is 33.9 Å². The number of fused-ring (bicyclic) bond motifs is 1. The standard InChI is InChI=1S/C25H24F3N7O/c1-29-24-31-14-18(15-32-24)20-13-19(25(26,27)28)4-5-21(20)33-9-11-34(12-10-33)22(36)16-35-8-6-17-3-2-7-30-23(17)35/h2-8,13-15H,9-12,16H2,1H3,(H,29,31,32). The maximum atomic E-state index is 13.5. The summed E-state index contributed by atoms with van der Waals surface area (Å²) < 4.78 is 42.2. The number of rotatable bonds is 5. The van der Waals surface area contributed by atoms with Crippen LogP contribution in [0.2, 0.25) is 0 Å². The molecule has 1 aliphatic heterocycles. The number of alkyl halides is 3. The number of nitrogens with one attached hydrogen (secondary N) is 1. The molecule has 0 aliphatic carbocycles. The highest BCUT2D eigenvalue weighted by Gasteiger charge is 2.32. The lowest BCUT2D eigenvalue weighted by Gasteiger charge is -2.37. The van der Waals surface area contributed by atoms with Gasteiger partial charge in [0.05, 0.1) is 5.56 Å². The molecule has 1 amide bonds. The van der Waals surface area contributed by atoms with Gasteiger partial charge in [-0.15, -0.1) is 0 Å². The van der Waals surface area contributed by atoms with Crippen LogP contribution in [0.3, 0.4) is 0 Å². The summed E-state index contributed by atoms with van der Waals surface area (Å²) in [6.07, 6.45) is 2.09. The maximum Gasteiger partial charge on any atom is 0.416 e. The number of aromatic nitrogens is 4. The van der Waals surface area contributed by atoms with E-state index in [9.17, 15) is 18.0 Å². The fraction of sp³-hybridized carbons (Fsp3) is 0.280. The van der Waals surface area contributed by atoms with Crippen LogP contribution in [0.25, 0.3) is 22.2 Å². The lowest BCUT2D eigenvalue weighted by atomic mass is 10.0. The largest absolute Gasteiger partial charge is 0.416 e. The second-order valence-electron chi connectivity index (χ2n) is 8.50. The number of carbonyl (C=O) groups excluding carboxylic acids is 1. The van der Waals surface area contributed by atoms with Crippen molar-refractivity contribution in [2.24, 2.45) is 0 Å². The average Bonchev–Trinajstić information content (AvgIpc) is 3.30. The van der Waals surface area contributed by atoms with Crippen LogP contribution < -0.4 is 10.2 Å². The van der Waals surface area contributed by atoms with Gasteiger partial charge in [-0.1, -0.05) is 0 Å². The van der Waals surface area contributed by atoms with Crippen molar-refractivity contribution in [2.75, 3.05) is 43.4 Å². The van der Waals surface area contributed by atoms with Crippen LogP contribution in [0.1, 0.15) is 5.56 Å². The Morgan fingerprint density at radius 1 is 1.03 bits per heavy atom. The summed E-state index contributed by atoms with van der Waals surface area (Å²) in [5.74, 6) is 0.353. The van der Waals surface area contributed by atoms with Crippen molar-refractivity contribution in [1.29, 1.82) is 0 Å². The molecule has 0 unspecified atom stereocenters. The molecule has 0 atom stereocenters. The number of halogens is 3. The minimum absolute atomic E-state index is 0.0264. The van der Waals surface area contributed by atoms with Gasteiger partial charge in [-0.3, -0.25) is 4.79 Å². The molecule has 8 nitrogen and oxygen atoms in total. The lowest BCUT2D eigenvalue weighted by molar-refractivity contribution is -0.137. The zero-order valence-corrected chi connectivity index (χ0v) is 19.5. The number of hydrogen-bond acceptors (Lipinski definition) is 6. The van der Waals surface area contributed by atoms with E-state index in [4.69, 9.17) is 0 Å². The summed E-state index contributed by atoms with van der Waals surface area (Å²) in [5, 5.41) is 3.77. The maximum absolute atomic E-state index is 13.5. The molecule has 5 rings (SSSR count). The molecule has 4 heterocycles. The number of anilines is 2. The fourth-order valence-corrected chi connectivity index (χ4v) is 4.41. The first kappa shape index (κ1) is 23.6. The molecule has 0 spiro atoms. The molecule has 1 aromatic carbocycles. The minimum atomic E-state index is -4.47. The first-order valence-corrected chi connectivity index (χ1v) is 11.5. The van der Waals surface area contributed by atoms with E-state index in [0.717, 1.165) is 23.2 Å². The Kier molecular flexibility index (Phi) is 6.21. The first-order chi connectivity index (χ1) is 17.3. The molecule has 0 bridgehead atoms. The zero-order chi connectivity index (χ0) is 25.3. The fourth-order valence-electron chi connectivity index (χ4n) is 4.41. The van der Waals surface area contributed by atoms with Gasteiger partial charge >= 0.3 is 6.18 Å². The van der Waals surface area contributed by atoms with Crippen LogP contribution in [0.15, 0.2) is 61.2 Å². The summed E-state index contributed by atoms with van der Waals surface area (Å²) in [5.41, 5.74) is 1.56. The number of nitrogens with zero attached hydrogens (tertiary/aromatic N) is 6. The third-order valence-corrected chi connectivity index (χ3v) is 6.31. The molecule has 11 heteroatoms. The SMILES string of the molecule is CNc1ncc(-c2cc(C(F)(F)F)ccc2N2CCN(C(=O)Cn3ccc4cccnc43)CC2)cn1. The van der Waals surface area contributed by atoms with Gasteiger partial charge < -0.3 is 19.7 Å². The molecule has 1 fully saturated rings. The van der Waals surface area contributed by atoms with E-state index >= 15 is 0 Å². The van der Waals surface area contributed by atoms with Gasteiger partial charge in [0.2, 0.25) is 11.9 Å². The second kappa shape index (κ2) is 9.48. The predicted octanol–water partition coefficient (Wildman–Crippen LogP) is 3.90. The molecule has 4 aromatic rings. The summed E-state index contributed by atoms with van der Waals surface area (Å²) >= 11 is 0. The van der Waals surface area contributed by atoms with E-state index < -0.39 is 11.7 Å². The van der Waals surface area contributed by atoms with E-state index in [1.54, 1.807) is 18.1 Å². The number of amides is 1. The van der Waals surface area contributed by atoms with Crippen LogP contribution in [-0.4, -0.2) is 63.6 Å². The highest BCUT2D eigenvalue weighted by Crippen LogP contribution is 2.37. The molecular formula is C25H24F3N7O. The second-order valence-corrected chi connectivity index (χ2v) is 8.50. The Hall–Kier alpha value is -4.15. The zero-order valence-electron chi connectivity index (χ0n) is 19.5. The van der Waals surface area contributed by atoms with Gasteiger partial charge in [0.1, 0.15) is 12.2 Å². The molecule has 1 aliphatic rings. The van der Waals surface area contributed by atoms with Crippen molar-refractivity contribution >= 4 is 28.6 Å². The molecule has 36 heavy (non-hydrogen) atoms. The quantitative estimate of drug-likeness (QED) is 0.453. The van der Waals surface area contributed by atoms with Crippen molar-refractivity contribution < 1.29 is 18.0 Å². The molecule has 1 saturated heterocycles. The Morgan fingerprint density at radius 3 is 2.47 bits per heavy atom. The molecule has 0 radical (unpaired) electrons. The minimum Gasteiger partial charge on any atom is -0.367 e. The van der Waals surface area contributed by atoms with Gasteiger partial charge in [0.25, 0.3) is 0 Å². The van der Waals surface area contributed by atoms with Gasteiger partial charge in [0, 0.05) is 80.2 Å². The Balaban J connectivity index is 1.34. The Labute approximate surface area is 205 Å². The third-order valence-electron chi connectivity index (χ3n) is 6.31. The van der Waals surface area contributed by atoms with Crippen molar-refractivity contribution in [3.8, 4) is 11.1 Å². The van der Waals surface area contributed by atoms with Crippen LogP contribution >= 0.6 is 0 Å². The van der Waals surface area contributed by atoms with Gasteiger partial charge in [-0.05, 0) is 36.4 Å². The number of hydrogen-bond donors (Lipinski definition) is 1. The Morgan fingerprint density at radius 2 is 1.78 bits per heavy atom. The summed E-state index contributed by atoms with van der Waals surface area (Å²) in [6, 6.07) is 9.43. The summed E-state index contributed by atoms with van der Waals surface area (Å²) in [6.45, 7) is 2.08. The van der Waals surface area contributed by atoms with E-state index in [2.05, 4.69) is 20.3 Å². The highest BCUT2D eigenvalue weighted by molar-refractivity contribution is 5.82. The van der Waals surface area contributed by atoms with Crippen molar-refractivity contribution in [3.05, 3.63) is 66.7 Å². The van der Waals surface area contributed by atoms with Crippen LogP contribution in [-0.2, 0) is 17.5 Å². The van der Waals surface area contributed by atoms with Gasteiger partial charge in [-0.25, -0.2) is 15.0 Å². The van der Waals surface area contributed by atoms with Crippen LogP contribution in [0.5, 0.6) is 0 Å². The summed E-state index contributed by atoms with van der Waals surface area (Å²) in [7, 11) is 1.67. The van der Waals surface area contributed by atoms with Gasteiger partial charge in [0.15, 0.2) is 0 Å². The third kappa shape index (κ3) is 4.68. The first-order valence-electron chi connectivity index (χ1n) is 11.5. The Bertz CT molecular complexity index is 1380. The van der Waals surface area contributed by atoms with Crippen LogP contribution in [0.4, 0.5) is 24.8 Å². The number of piperazine rings is 1. The molecule has 0 saturated carbocycles. The molecule has 186 valence electrons. The summed E-state index contributed by atoms with van der Waals surface area (Å²) in [4.78, 5) is 29.4.